The summed E-state index contributed by atoms with van der Waals surface area (Å²) in [6.45, 7) is 9.95. The zero-order valence-electron chi connectivity index (χ0n) is 15.1. The lowest BCUT2D eigenvalue weighted by Gasteiger charge is -2.32. The highest BCUT2D eigenvalue weighted by atomic mass is 32.2. The maximum Gasteiger partial charge on any atom is 0.168 e. The number of carbonyl (C=O) groups excluding carboxylic acids is 1. The lowest BCUT2D eigenvalue weighted by molar-refractivity contribution is -0.119. The Morgan fingerprint density at radius 2 is 2.25 bits per heavy atom. The molecule has 0 saturated carbocycles. The molecule has 0 aromatic rings. The van der Waals surface area contributed by atoms with Crippen LogP contribution in [0.15, 0.2) is 29.1 Å². The molecular weight excluding hydrogens is 326 g/mol. The first-order chi connectivity index (χ1) is 11.5. The van der Waals surface area contributed by atoms with Crippen LogP contribution in [0.3, 0.4) is 0 Å². The number of hydrogen-bond donors (Lipinski definition) is 1. The lowest BCUT2D eigenvalue weighted by atomic mass is 9.80. The third-order valence-corrected chi connectivity index (χ3v) is 5.11. The second-order valence-electron chi connectivity index (χ2n) is 5.78. The highest BCUT2D eigenvalue weighted by Gasteiger charge is 2.38. The van der Waals surface area contributed by atoms with Crippen molar-refractivity contribution in [2.45, 2.75) is 51.4 Å². The number of carbonyl (C=O) groups is 1. The Bertz CT molecular complexity index is 501. The van der Waals surface area contributed by atoms with Crippen LogP contribution in [-0.2, 0) is 14.4 Å². The summed E-state index contributed by atoms with van der Waals surface area (Å²) in [5.41, 5.74) is 0.705. The van der Waals surface area contributed by atoms with Gasteiger partial charge in [0.05, 0.1) is 11.3 Å². The number of aliphatic hydroxyl groups excluding tert-OH is 1. The smallest absolute Gasteiger partial charge is 0.168 e. The van der Waals surface area contributed by atoms with E-state index in [1.165, 1.54) is 0 Å². The van der Waals surface area contributed by atoms with Gasteiger partial charge in [0.15, 0.2) is 5.78 Å². The minimum Gasteiger partial charge on any atom is -0.509 e. The molecule has 1 rings (SSSR count). The molecule has 0 heterocycles. The van der Waals surface area contributed by atoms with Gasteiger partial charge in [-0.3, -0.25) is 4.79 Å². The Morgan fingerprint density at radius 1 is 1.54 bits per heavy atom. The predicted molar refractivity (Wildman–Crippen MR) is 99.7 cm³/mol. The van der Waals surface area contributed by atoms with Gasteiger partial charge in [-0.1, -0.05) is 38.6 Å². The molecule has 0 radical (unpaired) electrons. The third-order valence-electron chi connectivity index (χ3n) is 4.01. The van der Waals surface area contributed by atoms with E-state index in [4.69, 9.17) is 9.57 Å². The van der Waals surface area contributed by atoms with E-state index in [1.807, 2.05) is 18.7 Å². The summed E-state index contributed by atoms with van der Waals surface area (Å²) >= 11 is 1.85. The van der Waals surface area contributed by atoms with Crippen LogP contribution in [-0.4, -0.2) is 47.4 Å². The Labute approximate surface area is 149 Å². The molecule has 3 unspecified atom stereocenters. The van der Waals surface area contributed by atoms with Gasteiger partial charge in [-0.15, -0.1) is 0 Å². The van der Waals surface area contributed by atoms with E-state index in [-0.39, 0.29) is 29.6 Å². The standard InChI is InChI=1S/C18H29NO4S/c1-6-9-23-19-14(7-2)16-15(20)11-13(10-12(4)24-8-3)18(22-5)17(16)21/h6,12-13,18,21H,1,7-11H2,2-5H3/b19-14+. The van der Waals surface area contributed by atoms with Crippen LogP contribution in [0.25, 0.3) is 0 Å². The number of oxime groups is 1. The van der Waals surface area contributed by atoms with Crippen molar-refractivity contribution in [3.63, 3.8) is 0 Å². The van der Waals surface area contributed by atoms with E-state index in [2.05, 4.69) is 25.6 Å². The van der Waals surface area contributed by atoms with Gasteiger partial charge < -0.3 is 14.7 Å². The first-order valence-corrected chi connectivity index (χ1v) is 9.45. The summed E-state index contributed by atoms with van der Waals surface area (Å²) in [6, 6.07) is 0. The first-order valence-electron chi connectivity index (χ1n) is 8.40. The summed E-state index contributed by atoms with van der Waals surface area (Å²) in [6.07, 6.45) is 2.77. The monoisotopic (exact) mass is 355 g/mol. The molecule has 136 valence electrons. The highest BCUT2D eigenvalue weighted by Crippen LogP contribution is 2.34. The first kappa shape index (κ1) is 20.8. The number of nitrogens with zero attached hydrogens (tertiary/aromatic N) is 1. The molecule has 0 saturated heterocycles. The largest absolute Gasteiger partial charge is 0.509 e. The maximum atomic E-state index is 12.6. The molecule has 1 aliphatic carbocycles. The van der Waals surface area contributed by atoms with Gasteiger partial charge in [-0.25, -0.2) is 0 Å². The fraction of sp³-hybridized carbons (Fsp3) is 0.667. The average molecular weight is 356 g/mol. The Hall–Kier alpha value is -1.27. The Kier molecular flexibility index (Phi) is 9.14. The highest BCUT2D eigenvalue weighted by molar-refractivity contribution is 7.99. The number of ether oxygens (including phenoxy) is 1. The van der Waals surface area contributed by atoms with Crippen LogP contribution in [0.2, 0.25) is 0 Å². The number of ketones is 1. The fourth-order valence-electron chi connectivity index (χ4n) is 3.01. The van der Waals surface area contributed by atoms with E-state index in [9.17, 15) is 9.90 Å². The molecule has 3 atom stereocenters. The average Bonchev–Trinajstić information content (AvgIpc) is 2.53. The van der Waals surface area contributed by atoms with E-state index < -0.39 is 6.10 Å². The molecule has 1 N–H and O–H groups in total. The summed E-state index contributed by atoms with van der Waals surface area (Å²) in [4.78, 5) is 17.7. The van der Waals surface area contributed by atoms with Crippen LogP contribution >= 0.6 is 11.8 Å². The number of allylic oxidation sites excluding steroid dienone is 1. The number of aliphatic hydroxyl groups is 1. The number of methoxy groups -OCH3 is 1. The molecule has 1 aliphatic rings. The van der Waals surface area contributed by atoms with Crippen LogP contribution in [0.4, 0.5) is 0 Å². The molecular formula is C18H29NO4S. The zero-order valence-corrected chi connectivity index (χ0v) is 15.9. The number of Topliss-reactive ketones (excluding diaryl/α,β-unsaturated/α-hetero) is 1. The molecule has 0 aromatic heterocycles. The molecule has 0 bridgehead atoms. The van der Waals surface area contributed by atoms with Crippen LogP contribution in [0.1, 0.15) is 40.0 Å². The van der Waals surface area contributed by atoms with Crippen LogP contribution in [0, 0.1) is 5.92 Å². The molecule has 0 spiro atoms. The summed E-state index contributed by atoms with van der Waals surface area (Å²) in [5.74, 6) is 0.893. The summed E-state index contributed by atoms with van der Waals surface area (Å²) < 4.78 is 5.51. The Morgan fingerprint density at radius 3 is 2.79 bits per heavy atom. The van der Waals surface area contributed by atoms with Crippen molar-refractivity contribution >= 4 is 23.3 Å². The van der Waals surface area contributed by atoms with Crippen molar-refractivity contribution in [2.75, 3.05) is 19.5 Å². The van der Waals surface area contributed by atoms with Crippen molar-refractivity contribution in [3.05, 3.63) is 24.0 Å². The summed E-state index contributed by atoms with van der Waals surface area (Å²) in [5, 5.41) is 15.0. The third kappa shape index (κ3) is 5.38. The van der Waals surface area contributed by atoms with E-state index in [0.29, 0.717) is 23.8 Å². The second kappa shape index (κ2) is 10.6. The van der Waals surface area contributed by atoms with Crippen molar-refractivity contribution in [1.82, 2.24) is 0 Å². The minimum absolute atomic E-state index is 0.0183. The van der Waals surface area contributed by atoms with Gasteiger partial charge in [0.25, 0.3) is 0 Å². The van der Waals surface area contributed by atoms with Gasteiger partial charge in [0.1, 0.15) is 18.5 Å². The van der Waals surface area contributed by atoms with Gasteiger partial charge in [0.2, 0.25) is 0 Å². The molecule has 0 aliphatic heterocycles. The molecule has 6 heteroatoms. The van der Waals surface area contributed by atoms with Crippen molar-refractivity contribution in [3.8, 4) is 0 Å². The molecule has 24 heavy (non-hydrogen) atoms. The van der Waals surface area contributed by atoms with Gasteiger partial charge in [-0.05, 0) is 18.6 Å². The topological polar surface area (TPSA) is 68.1 Å². The van der Waals surface area contributed by atoms with Gasteiger partial charge in [-0.2, -0.15) is 11.8 Å². The minimum atomic E-state index is -0.478. The van der Waals surface area contributed by atoms with Crippen LogP contribution < -0.4 is 0 Å². The van der Waals surface area contributed by atoms with Crippen molar-refractivity contribution in [2.24, 2.45) is 11.1 Å². The number of rotatable bonds is 10. The predicted octanol–water partition coefficient (Wildman–Crippen LogP) is 3.90. The van der Waals surface area contributed by atoms with Gasteiger partial charge >= 0.3 is 0 Å². The normalized spacial score (nSPS) is 23.3. The SMILES string of the molecule is C=CCO/N=C(\CC)C1=C(O)C(OC)C(CC(C)SCC)CC1=O. The molecule has 0 aromatic carbocycles. The Balaban J connectivity index is 3.06. The van der Waals surface area contributed by atoms with Crippen molar-refractivity contribution in [1.29, 1.82) is 0 Å². The van der Waals surface area contributed by atoms with E-state index >= 15 is 0 Å². The molecule has 0 amide bonds. The lowest BCUT2D eigenvalue weighted by Crippen LogP contribution is -2.37. The van der Waals surface area contributed by atoms with E-state index in [0.717, 1.165) is 12.2 Å². The van der Waals surface area contributed by atoms with Crippen molar-refractivity contribution < 1.29 is 19.5 Å². The number of hydrogen-bond acceptors (Lipinski definition) is 6. The fourth-order valence-corrected chi connectivity index (χ4v) is 3.96. The number of thioether (sulfide) groups is 1. The van der Waals surface area contributed by atoms with Gasteiger partial charge in [0, 0.05) is 24.7 Å². The zero-order chi connectivity index (χ0) is 18.1. The second-order valence-corrected chi connectivity index (χ2v) is 7.50. The quantitative estimate of drug-likeness (QED) is 0.278. The molecule has 5 nitrogen and oxygen atoms in total. The van der Waals surface area contributed by atoms with E-state index in [1.54, 1.807) is 13.2 Å². The summed E-state index contributed by atoms with van der Waals surface area (Å²) in [7, 11) is 1.57. The maximum absolute atomic E-state index is 12.6. The van der Waals surface area contributed by atoms with Crippen LogP contribution in [0.5, 0.6) is 0 Å². The molecule has 0 fully saturated rings.